The second-order valence-corrected chi connectivity index (χ2v) is 6.78. The van der Waals surface area contributed by atoms with Crippen molar-refractivity contribution in [3.05, 3.63) is 65.7 Å². The molecule has 2 aromatic rings. The second kappa shape index (κ2) is 7.38. The number of benzene rings is 2. The average Bonchev–Trinajstić information content (AvgIpc) is 2.55. The molecular formula is C18H21NO2S. The molecular weight excluding hydrogens is 294 g/mol. The van der Waals surface area contributed by atoms with Crippen molar-refractivity contribution in [3.63, 3.8) is 0 Å². The van der Waals surface area contributed by atoms with Crippen molar-refractivity contribution in [3.8, 4) is 0 Å². The van der Waals surface area contributed by atoms with Crippen molar-refractivity contribution < 1.29 is 8.42 Å². The Bertz CT molecular complexity index is 733. The van der Waals surface area contributed by atoms with Crippen LogP contribution in [0.25, 0.3) is 12.2 Å². The van der Waals surface area contributed by atoms with Gasteiger partial charge in [0.15, 0.2) is 0 Å². The molecule has 3 nitrogen and oxygen atoms in total. The van der Waals surface area contributed by atoms with Gasteiger partial charge in [-0.05, 0) is 17.2 Å². The van der Waals surface area contributed by atoms with Gasteiger partial charge >= 0.3 is 0 Å². The van der Waals surface area contributed by atoms with Crippen LogP contribution in [0.3, 0.4) is 0 Å². The van der Waals surface area contributed by atoms with Gasteiger partial charge in [0.25, 0.3) is 0 Å². The number of rotatable bonds is 6. The minimum absolute atomic E-state index is 0.353. The zero-order valence-electron chi connectivity index (χ0n) is 12.9. The van der Waals surface area contributed by atoms with E-state index in [1.807, 2.05) is 68.5 Å². The topological polar surface area (TPSA) is 37.4 Å². The van der Waals surface area contributed by atoms with Crippen LogP contribution in [0.1, 0.15) is 25.0 Å². The van der Waals surface area contributed by atoms with Gasteiger partial charge in [-0.2, -0.15) is 4.31 Å². The lowest BCUT2D eigenvalue weighted by molar-refractivity contribution is 0.445. The third-order valence-electron chi connectivity index (χ3n) is 3.50. The van der Waals surface area contributed by atoms with Crippen LogP contribution in [0, 0.1) is 0 Å². The molecule has 0 aromatic heterocycles. The van der Waals surface area contributed by atoms with Crippen molar-refractivity contribution in [1.29, 1.82) is 0 Å². The van der Waals surface area contributed by atoms with Crippen molar-refractivity contribution in [2.75, 3.05) is 13.1 Å². The summed E-state index contributed by atoms with van der Waals surface area (Å²) in [6, 6.07) is 16.9. The Balaban J connectivity index is 2.41. The minimum Gasteiger partial charge on any atom is -0.207 e. The van der Waals surface area contributed by atoms with E-state index in [1.165, 1.54) is 4.31 Å². The Morgan fingerprint density at radius 2 is 1.45 bits per heavy atom. The summed E-state index contributed by atoms with van der Waals surface area (Å²) in [5.41, 5.74) is 1.75. The molecule has 0 fully saturated rings. The van der Waals surface area contributed by atoms with Crippen molar-refractivity contribution >= 4 is 22.2 Å². The molecule has 0 saturated carbocycles. The Hall–Kier alpha value is -1.91. The highest BCUT2D eigenvalue weighted by molar-refractivity contribution is 7.89. The van der Waals surface area contributed by atoms with Crippen LogP contribution in [0.4, 0.5) is 0 Å². The van der Waals surface area contributed by atoms with Crippen LogP contribution < -0.4 is 0 Å². The van der Waals surface area contributed by atoms with Crippen LogP contribution in [-0.4, -0.2) is 25.8 Å². The lowest BCUT2D eigenvalue weighted by Crippen LogP contribution is -2.31. The fraction of sp³-hybridized carbons (Fsp3) is 0.222. The molecule has 0 radical (unpaired) electrons. The Morgan fingerprint density at radius 1 is 0.864 bits per heavy atom. The number of nitrogens with zero attached hydrogens (tertiary/aromatic N) is 1. The van der Waals surface area contributed by atoms with Gasteiger partial charge in [-0.25, -0.2) is 8.42 Å². The highest BCUT2D eigenvalue weighted by Gasteiger charge is 2.23. The number of hydrogen-bond donors (Lipinski definition) is 0. The third kappa shape index (κ3) is 3.64. The molecule has 0 N–H and O–H groups in total. The van der Waals surface area contributed by atoms with Gasteiger partial charge in [-0.3, -0.25) is 0 Å². The molecule has 22 heavy (non-hydrogen) atoms. The minimum atomic E-state index is -3.45. The van der Waals surface area contributed by atoms with Crippen molar-refractivity contribution in [2.45, 2.75) is 18.7 Å². The van der Waals surface area contributed by atoms with Gasteiger partial charge in [0, 0.05) is 13.1 Å². The molecule has 0 heterocycles. The second-order valence-electron chi connectivity index (χ2n) is 4.87. The molecule has 0 unspecified atom stereocenters. The lowest BCUT2D eigenvalue weighted by atomic mass is 10.1. The molecule has 2 rings (SSSR count). The molecule has 0 spiro atoms. The summed E-state index contributed by atoms with van der Waals surface area (Å²) < 4.78 is 26.9. The molecule has 0 aliphatic heterocycles. The van der Waals surface area contributed by atoms with Gasteiger partial charge in [0.2, 0.25) is 10.0 Å². The Labute approximate surface area is 133 Å². The van der Waals surface area contributed by atoms with E-state index in [0.717, 1.165) is 5.56 Å². The third-order valence-corrected chi connectivity index (χ3v) is 5.62. The molecule has 2 aromatic carbocycles. The highest BCUT2D eigenvalue weighted by Crippen LogP contribution is 2.22. The van der Waals surface area contributed by atoms with E-state index >= 15 is 0 Å². The van der Waals surface area contributed by atoms with Crippen molar-refractivity contribution in [2.24, 2.45) is 0 Å². The predicted molar refractivity (Wildman–Crippen MR) is 91.9 cm³/mol. The summed E-state index contributed by atoms with van der Waals surface area (Å²) in [6.45, 7) is 4.64. The van der Waals surface area contributed by atoms with E-state index in [0.29, 0.717) is 23.5 Å². The smallest absolute Gasteiger partial charge is 0.207 e. The maximum atomic E-state index is 12.7. The zero-order chi connectivity index (χ0) is 16.0. The summed E-state index contributed by atoms with van der Waals surface area (Å²) in [4.78, 5) is 0.353. The van der Waals surface area contributed by atoms with Crippen molar-refractivity contribution in [1.82, 2.24) is 4.31 Å². The van der Waals surface area contributed by atoms with Crippen LogP contribution in [0.5, 0.6) is 0 Å². The quantitative estimate of drug-likeness (QED) is 0.758. The zero-order valence-corrected chi connectivity index (χ0v) is 13.8. The SMILES string of the molecule is CCN(CC)S(=O)(=O)c1ccccc1/C=C/c1ccccc1. The number of sulfonamides is 1. The molecule has 0 atom stereocenters. The van der Waals surface area contributed by atoms with Gasteiger partial charge < -0.3 is 0 Å². The Morgan fingerprint density at radius 3 is 2.09 bits per heavy atom. The predicted octanol–water partition coefficient (Wildman–Crippen LogP) is 3.89. The molecule has 4 heteroatoms. The summed E-state index contributed by atoms with van der Waals surface area (Å²) in [6.07, 6.45) is 3.78. The van der Waals surface area contributed by atoms with E-state index in [-0.39, 0.29) is 0 Å². The lowest BCUT2D eigenvalue weighted by Gasteiger charge is -2.19. The van der Waals surface area contributed by atoms with E-state index < -0.39 is 10.0 Å². The fourth-order valence-electron chi connectivity index (χ4n) is 2.31. The monoisotopic (exact) mass is 315 g/mol. The van der Waals surface area contributed by atoms with E-state index in [2.05, 4.69) is 0 Å². The molecule has 0 saturated heterocycles. The highest BCUT2D eigenvalue weighted by atomic mass is 32.2. The van der Waals surface area contributed by atoms with Gasteiger partial charge in [0.1, 0.15) is 0 Å². The number of hydrogen-bond acceptors (Lipinski definition) is 2. The van der Waals surface area contributed by atoms with Crippen LogP contribution >= 0.6 is 0 Å². The van der Waals surface area contributed by atoms with E-state index in [1.54, 1.807) is 12.1 Å². The summed E-state index contributed by atoms with van der Waals surface area (Å²) >= 11 is 0. The van der Waals surface area contributed by atoms with Gasteiger partial charge in [-0.1, -0.05) is 74.5 Å². The average molecular weight is 315 g/mol. The molecule has 0 amide bonds. The van der Waals surface area contributed by atoms with E-state index in [9.17, 15) is 8.42 Å². The molecule has 0 aliphatic rings. The largest absolute Gasteiger partial charge is 0.243 e. The van der Waals surface area contributed by atoms with Gasteiger partial charge in [-0.15, -0.1) is 0 Å². The van der Waals surface area contributed by atoms with Crippen LogP contribution in [0.15, 0.2) is 59.5 Å². The summed E-state index contributed by atoms with van der Waals surface area (Å²) in [7, 11) is -3.45. The van der Waals surface area contributed by atoms with Crippen LogP contribution in [0.2, 0.25) is 0 Å². The first kappa shape index (κ1) is 16.5. The molecule has 0 bridgehead atoms. The molecule has 116 valence electrons. The first-order chi connectivity index (χ1) is 10.6. The Kier molecular flexibility index (Phi) is 5.52. The first-order valence-corrected chi connectivity index (χ1v) is 8.86. The van der Waals surface area contributed by atoms with Crippen LogP contribution in [-0.2, 0) is 10.0 Å². The first-order valence-electron chi connectivity index (χ1n) is 7.42. The molecule has 0 aliphatic carbocycles. The summed E-state index contributed by atoms with van der Waals surface area (Å²) in [5.74, 6) is 0. The standard InChI is InChI=1S/C18H21NO2S/c1-3-19(4-2)22(20,21)18-13-9-8-12-17(18)15-14-16-10-6-5-7-11-16/h5-15H,3-4H2,1-2H3/b15-14+. The maximum Gasteiger partial charge on any atom is 0.243 e. The normalized spacial score (nSPS) is 12.1. The van der Waals surface area contributed by atoms with Gasteiger partial charge in [0.05, 0.1) is 4.90 Å². The maximum absolute atomic E-state index is 12.7. The fourth-order valence-corrected chi connectivity index (χ4v) is 3.95. The summed E-state index contributed by atoms with van der Waals surface area (Å²) in [5, 5.41) is 0. The van der Waals surface area contributed by atoms with E-state index in [4.69, 9.17) is 0 Å².